The first-order valence-corrected chi connectivity index (χ1v) is 5.56. The molecule has 1 aromatic heterocycles. The van der Waals surface area contributed by atoms with E-state index in [4.69, 9.17) is 16.0 Å². The van der Waals surface area contributed by atoms with Gasteiger partial charge in [0.2, 0.25) is 5.89 Å². The lowest BCUT2D eigenvalue weighted by molar-refractivity contribution is 0.0987. The molecule has 2 rings (SSSR count). The molecule has 1 heterocycles. The van der Waals surface area contributed by atoms with Gasteiger partial charge in [0.05, 0.1) is 0 Å². The van der Waals surface area contributed by atoms with Gasteiger partial charge >= 0.3 is 0 Å². The highest BCUT2D eigenvalue weighted by molar-refractivity contribution is 5.88. The van der Waals surface area contributed by atoms with E-state index in [9.17, 15) is 4.79 Å². The minimum atomic E-state index is -0.657. The van der Waals surface area contributed by atoms with E-state index in [-0.39, 0.29) is 11.7 Å². The van der Waals surface area contributed by atoms with E-state index in [2.05, 4.69) is 10.1 Å². The van der Waals surface area contributed by atoms with Crippen LogP contribution in [-0.4, -0.2) is 22.6 Å². The molecule has 0 spiro atoms. The lowest BCUT2D eigenvalue weighted by Crippen LogP contribution is -2.25. The Labute approximate surface area is 93.4 Å². The van der Waals surface area contributed by atoms with E-state index in [1.165, 1.54) is 6.42 Å². The van der Waals surface area contributed by atoms with Crippen molar-refractivity contribution < 1.29 is 9.32 Å². The SMILES string of the molecule is NCC1CCCCC1c1nc(C(N)=O)no1. The molecule has 2 unspecified atom stereocenters. The Morgan fingerprint density at radius 2 is 2.19 bits per heavy atom. The second kappa shape index (κ2) is 4.61. The number of rotatable bonds is 3. The molecule has 0 bridgehead atoms. The fourth-order valence-corrected chi connectivity index (χ4v) is 2.30. The number of hydrogen-bond donors (Lipinski definition) is 2. The van der Waals surface area contributed by atoms with Crippen molar-refractivity contribution in [2.24, 2.45) is 17.4 Å². The Hall–Kier alpha value is -1.43. The van der Waals surface area contributed by atoms with Crippen LogP contribution in [0.2, 0.25) is 0 Å². The summed E-state index contributed by atoms with van der Waals surface area (Å²) in [6.45, 7) is 0.610. The average molecular weight is 224 g/mol. The van der Waals surface area contributed by atoms with Crippen molar-refractivity contribution in [1.29, 1.82) is 0 Å². The van der Waals surface area contributed by atoms with Gasteiger partial charge in [-0.3, -0.25) is 4.79 Å². The van der Waals surface area contributed by atoms with Crippen molar-refractivity contribution in [2.75, 3.05) is 6.54 Å². The van der Waals surface area contributed by atoms with Crippen LogP contribution in [0.5, 0.6) is 0 Å². The van der Waals surface area contributed by atoms with E-state index in [0.29, 0.717) is 18.4 Å². The van der Waals surface area contributed by atoms with Gasteiger partial charge in [-0.05, 0) is 25.3 Å². The fraction of sp³-hybridized carbons (Fsp3) is 0.700. The normalized spacial score (nSPS) is 25.6. The van der Waals surface area contributed by atoms with Crippen LogP contribution >= 0.6 is 0 Å². The number of carbonyl (C=O) groups is 1. The van der Waals surface area contributed by atoms with Gasteiger partial charge in [-0.25, -0.2) is 0 Å². The van der Waals surface area contributed by atoms with Gasteiger partial charge in [-0.1, -0.05) is 18.0 Å². The van der Waals surface area contributed by atoms with E-state index < -0.39 is 5.91 Å². The maximum absolute atomic E-state index is 10.9. The van der Waals surface area contributed by atoms with Crippen LogP contribution in [-0.2, 0) is 0 Å². The molecule has 2 atom stereocenters. The lowest BCUT2D eigenvalue weighted by Gasteiger charge is -2.27. The zero-order chi connectivity index (χ0) is 11.5. The minimum absolute atomic E-state index is 0.0451. The van der Waals surface area contributed by atoms with Crippen LogP contribution in [0.15, 0.2) is 4.52 Å². The molecule has 1 amide bonds. The van der Waals surface area contributed by atoms with E-state index in [1.54, 1.807) is 0 Å². The summed E-state index contributed by atoms with van der Waals surface area (Å²) in [5.41, 5.74) is 10.8. The number of nitrogens with two attached hydrogens (primary N) is 2. The van der Waals surface area contributed by atoms with Crippen LogP contribution in [0, 0.1) is 5.92 Å². The predicted octanol–water partition coefficient (Wildman–Crippen LogP) is 0.401. The zero-order valence-corrected chi connectivity index (χ0v) is 9.06. The molecule has 16 heavy (non-hydrogen) atoms. The smallest absolute Gasteiger partial charge is 0.290 e. The molecule has 0 saturated heterocycles. The molecule has 4 N–H and O–H groups in total. The second-order valence-corrected chi connectivity index (χ2v) is 4.21. The summed E-state index contributed by atoms with van der Waals surface area (Å²) in [6.07, 6.45) is 4.39. The van der Waals surface area contributed by atoms with Crippen molar-refractivity contribution in [1.82, 2.24) is 10.1 Å². The van der Waals surface area contributed by atoms with Crippen LogP contribution in [0.4, 0.5) is 0 Å². The average Bonchev–Trinajstić information content (AvgIpc) is 2.78. The molecule has 1 aliphatic carbocycles. The Kier molecular flexibility index (Phi) is 3.19. The van der Waals surface area contributed by atoms with Crippen LogP contribution in [0.1, 0.15) is 48.1 Å². The predicted molar refractivity (Wildman–Crippen MR) is 56.6 cm³/mol. The molecular formula is C10H16N4O2. The first-order chi connectivity index (χ1) is 7.72. The Bertz CT molecular complexity index is 377. The van der Waals surface area contributed by atoms with Gasteiger partial charge in [0, 0.05) is 5.92 Å². The summed E-state index contributed by atoms with van der Waals surface area (Å²) in [7, 11) is 0. The van der Waals surface area contributed by atoms with Gasteiger partial charge in [0.1, 0.15) is 0 Å². The Balaban J connectivity index is 2.17. The molecule has 0 aliphatic heterocycles. The van der Waals surface area contributed by atoms with Crippen molar-refractivity contribution in [3.8, 4) is 0 Å². The monoisotopic (exact) mass is 224 g/mol. The van der Waals surface area contributed by atoms with Crippen LogP contribution in [0.3, 0.4) is 0 Å². The number of hydrogen-bond acceptors (Lipinski definition) is 5. The summed E-state index contributed by atoms with van der Waals surface area (Å²) < 4.78 is 5.08. The quantitative estimate of drug-likeness (QED) is 0.772. The maximum Gasteiger partial charge on any atom is 0.290 e. The van der Waals surface area contributed by atoms with Gasteiger partial charge in [0.15, 0.2) is 0 Å². The third kappa shape index (κ3) is 2.06. The van der Waals surface area contributed by atoms with E-state index >= 15 is 0 Å². The number of nitrogens with zero attached hydrogens (tertiary/aromatic N) is 2. The number of primary amides is 1. The molecule has 1 aromatic rings. The molecule has 88 valence electrons. The van der Waals surface area contributed by atoms with Crippen LogP contribution < -0.4 is 11.5 Å². The topological polar surface area (TPSA) is 108 Å². The number of carbonyl (C=O) groups excluding carboxylic acids is 1. The fourth-order valence-electron chi connectivity index (χ4n) is 2.30. The summed E-state index contributed by atoms with van der Waals surface area (Å²) in [6, 6.07) is 0. The summed E-state index contributed by atoms with van der Waals surface area (Å²) in [5.74, 6) is 0.352. The third-order valence-corrected chi connectivity index (χ3v) is 3.19. The van der Waals surface area contributed by atoms with Gasteiger partial charge < -0.3 is 16.0 Å². The zero-order valence-electron chi connectivity index (χ0n) is 9.06. The Morgan fingerprint density at radius 1 is 1.44 bits per heavy atom. The first-order valence-electron chi connectivity index (χ1n) is 5.56. The largest absolute Gasteiger partial charge is 0.363 e. The molecule has 1 saturated carbocycles. The van der Waals surface area contributed by atoms with E-state index in [0.717, 1.165) is 19.3 Å². The molecule has 0 radical (unpaired) electrons. The molecule has 6 heteroatoms. The third-order valence-electron chi connectivity index (χ3n) is 3.19. The first kappa shape index (κ1) is 11.1. The van der Waals surface area contributed by atoms with Crippen molar-refractivity contribution in [3.05, 3.63) is 11.7 Å². The molecule has 1 aliphatic rings. The van der Waals surface area contributed by atoms with Gasteiger partial charge in [-0.15, -0.1) is 0 Å². The highest BCUT2D eigenvalue weighted by atomic mass is 16.5. The lowest BCUT2D eigenvalue weighted by atomic mass is 9.79. The second-order valence-electron chi connectivity index (χ2n) is 4.21. The van der Waals surface area contributed by atoms with Crippen molar-refractivity contribution in [3.63, 3.8) is 0 Å². The minimum Gasteiger partial charge on any atom is -0.363 e. The van der Waals surface area contributed by atoms with E-state index in [1.807, 2.05) is 0 Å². The van der Waals surface area contributed by atoms with Crippen molar-refractivity contribution >= 4 is 5.91 Å². The molecular weight excluding hydrogens is 208 g/mol. The van der Waals surface area contributed by atoms with Crippen molar-refractivity contribution in [2.45, 2.75) is 31.6 Å². The number of amides is 1. The number of aromatic nitrogens is 2. The molecule has 1 fully saturated rings. The Morgan fingerprint density at radius 3 is 2.81 bits per heavy atom. The summed E-state index contributed by atoms with van der Waals surface area (Å²) in [5, 5.41) is 3.56. The standard InChI is InChI=1S/C10H16N4O2/c11-5-6-3-1-2-4-7(6)10-13-9(8(12)15)14-16-10/h6-7H,1-5,11H2,(H2,12,15). The highest BCUT2D eigenvalue weighted by Crippen LogP contribution is 2.36. The van der Waals surface area contributed by atoms with Crippen LogP contribution in [0.25, 0.3) is 0 Å². The molecule has 0 aromatic carbocycles. The van der Waals surface area contributed by atoms with Gasteiger partial charge in [-0.2, -0.15) is 4.98 Å². The maximum atomic E-state index is 10.9. The summed E-state index contributed by atoms with van der Waals surface area (Å²) in [4.78, 5) is 14.9. The summed E-state index contributed by atoms with van der Waals surface area (Å²) >= 11 is 0. The highest BCUT2D eigenvalue weighted by Gasteiger charge is 2.30. The van der Waals surface area contributed by atoms with Gasteiger partial charge in [0.25, 0.3) is 11.7 Å². The molecule has 6 nitrogen and oxygen atoms in total.